The van der Waals surface area contributed by atoms with Crippen LogP contribution in [0.3, 0.4) is 0 Å². The molecule has 1 aliphatic rings. The van der Waals surface area contributed by atoms with Crippen molar-refractivity contribution in [3.8, 4) is 28.7 Å². The largest absolute Gasteiger partial charge is 0.493 e. The van der Waals surface area contributed by atoms with Crippen LogP contribution in [0.5, 0.6) is 11.5 Å². The number of hydrogen-bond donors (Lipinski definition) is 1. The Hall–Kier alpha value is -3.89. The highest BCUT2D eigenvalue weighted by Crippen LogP contribution is 2.50. The number of fused-ring (bicyclic) bond motifs is 2. The molecular weight excluding hydrogens is 605 g/mol. The molecule has 0 aliphatic carbocycles. The highest BCUT2D eigenvalue weighted by molar-refractivity contribution is 7.99. The van der Waals surface area contributed by atoms with Crippen molar-refractivity contribution in [1.29, 1.82) is 5.26 Å². The van der Waals surface area contributed by atoms with E-state index in [0.29, 0.717) is 18.8 Å². The normalized spacial score (nSPS) is 12.3. The van der Waals surface area contributed by atoms with E-state index in [-0.39, 0.29) is 5.57 Å². The molecule has 6 nitrogen and oxygen atoms in total. The lowest BCUT2D eigenvalue weighted by Gasteiger charge is -2.33. The number of carbonyl (C=O) groups is 1. The van der Waals surface area contributed by atoms with Crippen LogP contribution in [0.2, 0.25) is 0 Å². The molecule has 0 saturated heterocycles. The average molecular weight is 655 g/mol. The molecule has 47 heavy (non-hydrogen) atoms. The van der Waals surface area contributed by atoms with E-state index >= 15 is 0 Å². The zero-order valence-corrected chi connectivity index (χ0v) is 29.2. The van der Waals surface area contributed by atoms with E-state index in [4.69, 9.17) is 9.47 Å². The number of hydrogen-bond acceptors (Lipinski definition) is 6. The van der Waals surface area contributed by atoms with Gasteiger partial charge in [-0.1, -0.05) is 102 Å². The van der Waals surface area contributed by atoms with Gasteiger partial charge in [-0.15, -0.1) is 0 Å². The summed E-state index contributed by atoms with van der Waals surface area (Å²) in [6.07, 6.45) is 15.3. The first-order valence-corrected chi connectivity index (χ1v) is 18.3. The van der Waals surface area contributed by atoms with Gasteiger partial charge in [0.1, 0.15) is 23.1 Å². The van der Waals surface area contributed by atoms with Crippen LogP contribution in [0.1, 0.15) is 103 Å². The molecule has 1 heterocycles. The number of anilines is 2. The fourth-order valence-corrected chi connectivity index (χ4v) is 6.97. The SMILES string of the molecule is CCCCCCOc1ccc(-c2ccc3c(c2)Sc2cc(/C=C(/C#N)C(=O)O)ccc2N3CCCCCC)c(OCCCCCC)c1. The van der Waals surface area contributed by atoms with E-state index in [1.165, 1.54) is 63.1 Å². The number of carboxylic acids is 1. The second-order valence-electron chi connectivity index (χ2n) is 12.2. The number of aliphatic carboxylic acids is 1. The van der Waals surface area contributed by atoms with E-state index < -0.39 is 5.97 Å². The predicted molar refractivity (Wildman–Crippen MR) is 194 cm³/mol. The maximum Gasteiger partial charge on any atom is 0.346 e. The molecular formula is C40H50N2O4S. The van der Waals surface area contributed by atoms with Crippen LogP contribution in [-0.4, -0.2) is 30.8 Å². The molecule has 0 bridgehead atoms. The Morgan fingerprint density at radius 1 is 0.787 bits per heavy atom. The lowest BCUT2D eigenvalue weighted by Crippen LogP contribution is -2.22. The number of nitriles is 1. The lowest BCUT2D eigenvalue weighted by molar-refractivity contribution is -0.132. The summed E-state index contributed by atoms with van der Waals surface area (Å²) < 4.78 is 12.6. The van der Waals surface area contributed by atoms with Crippen molar-refractivity contribution < 1.29 is 19.4 Å². The smallest absolute Gasteiger partial charge is 0.346 e. The van der Waals surface area contributed by atoms with Crippen molar-refractivity contribution in [1.82, 2.24) is 0 Å². The van der Waals surface area contributed by atoms with Crippen LogP contribution in [0.15, 0.2) is 70.0 Å². The number of ether oxygens (including phenoxy) is 2. The third-order valence-electron chi connectivity index (χ3n) is 8.43. The van der Waals surface area contributed by atoms with Crippen molar-refractivity contribution in [2.45, 2.75) is 108 Å². The molecule has 0 atom stereocenters. The summed E-state index contributed by atoms with van der Waals surface area (Å²) in [7, 11) is 0. The summed E-state index contributed by atoms with van der Waals surface area (Å²) in [5, 5.41) is 18.7. The van der Waals surface area contributed by atoms with Gasteiger partial charge in [0, 0.05) is 28.0 Å². The van der Waals surface area contributed by atoms with Crippen molar-refractivity contribution in [2.24, 2.45) is 0 Å². The van der Waals surface area contributed by atoms with Crippen LogP contribution in [0, 0.1) is 11.3 Å². The minimum absolute atomic E-state index is 0.277. The first-order chi connectivity index (χ1) is 23.0. The summed E-state index contributed by atoms with van der Waals surface area (Å²) in [5.41, 5.74) is 4.82. The molecule has 0 aromatic heterocycles. The number of carboxylic acid groups (broad SMARTS) is 1. The van der Waals surface area contributed by atoms with Gasteiger partial charge in [-0.3, -0.25) is 0 Å². The third-order valence-corrected chi connectivity index (χ3v) is 9.52. The number of unbranched alkanes of at least 4 members (excludes halogenated alkanes) is 9. The van der Waals surface area contributed by atoms with Crippen LogP contribution in [0.25, 0.3) is 17.2 Å². The predicted octanol–water partition coefficient (Wildman–Crippen LogP) is 11.4. The van der Waals surface area contributed by atoms with Gasteiger partial charge >= 0.3 is 5.97 Å². The molecule has 0 fully saturated rings. The first-order valence-electron chi connectivity index (χ1n) is 17.5. The molecule has 0 radical (unpaired) electrons. The van der Waals surface area contributed by atoms with Gasteiger partial charge in [0.15, 0.2) is 0 Å². The molecule has 250 valence electrons. The summed E-state index contributed by atoms with van der Waals surface area (Å²) in [4.78, 5) is 16.1. The minimum atomic E-state index is -1.22. The van der Waals surface area contributed by atoms with E-state index in [2.05, 4.69) is 56.0 Å². The minimum Gasteiger partial charge on any atom is -0.493 e. The quantitative estimate of drug-likeness (QED) is 0.0737. The van der Waals surface area contributed by atoms with E-state index in [1.54, 1.807) is 17.8 Å². The van der Waals surface area contributed by atoms with Gasteiger partial charge in [-0.05, 0) is 72.9 Å². The lowest BCUT2D eigenvalue weighted by atomic mass is 10.0. The molecule has 0 saturated carbocycles. The highest BCUT2D eigenvalue weighted by Gasteiger charge is 2.25. The Balaban J connectivity index is 1.66. The third kappa shape index (κ3) is 10.3. The topological polar surface area (TPSA) is 82.8 Å². The Morgan fingerprint density at radius 2 is 1.43 bits per heavy atom. The molecule has 0 unspecified atom stereocenters. The Labute approximate surface area is 285 Å². The van der Waals surface area contributed by atoms with Gasteiger partial charge in [0.05, 0.1) is 24.6 Å². The monoisotopic (exact) mass is 654 g/mol. The van der Waals surface area contributed by atoms with Crippen LogP contribution >= 0.6 is 11.8 Å². The summed E-state index contributed by atoms with van der Waals surface area (Å²) >= 11 is 1.68. The zero-order valence-electron chi connectivity index (χ0n) is 28.4. The van der Waals surface area contributed by atoms with Crippen LogP contribution in [0.4, 0.5) is 11.4 Å². The van der Waals surface area contributed by atoms with E-state index in [0.717, 1.165) is 70.3 Å². The maximum absolute atomic E-state index is 11.5. The molecule has 1 N–H and O–H groups in total. The van der Waals surface area contributed by atoms with Gasteiger partial charge < -0.3 is 19.5 Å². The summed E-state index contributed by atoms with van der Waals surface area (Å²) in [5.74, 6) is 0.462. The Morgan fingerprint density at radius 3 is 2.09 bits per heavy atom. The maximum atomic E-state index is 11.5. The van der Waals surface area contributed by atoms with Crippen molar-refractivity contribution >= 4 is 35.2 Å². The molecule has 4 rings (SSSR count). The summed E-state index contributed by atoms with van der Waals surface area (Å²) in [6.45, 7) is 8.93. The number of rotatable bonds is 20. The van der Waals surface area contributed by atoms with Gasteiger partial charge in [0.25, 0.3) is 0 Å². The van der Waals surface area contributed by atoms with Crippen molar-refractivity contribution in [2.75, 3.05) is 24.7 Å². The Bertz CT molecular complexity index is 1540. The molecule has 1 aliphatic heterocycles. The molecule has 0 amide bonds. The van der Waals surface area contributed by atoms with Crippen LogP contribution < -0.4 is 14.4 Å². The van der Waals surface area contributed by atoms with Gasteiger partial charge in [0.2, 0.25) is 0 Å². The van der Waals surface area contributed by atoms with Gasteiger partial charge in [-0.2, -0.15) is 5.26 Å². The van der Waals surface area contributed by atoms with Crippen molar-refractivity contribution in [3.63, 3.8) is 0 Å². The first kappa shape index (κ1) is 36.0. The fourth-order valence-electron chi connectivity index (χ4n) is 5.79. The van der Waals surface area contributed by atoms with E-state index in [1.807, 2.05) is 24.3 Å². The molecule has 3 aromatic rings. The second kappa shape index (κ2) is 19.1. The zero-order chi connectivity index (χ0) is 33.4. The highest BCUT2D eigenvalue weighted by atomic mass is 32.2. The molecule has 3 aromatic carbocycles. The number of benzene rings is 3. The standard InChI is InChI=1S/C40H50N2O4S/c1-4-7-10-13-22-42-35-20-16-30(25-32(29-41)40(43)44)26-38(35)47-39-27-31(17-21-36(39)42)34-19-18-33(45-23-14-11-8-5-2)28-37(34)46-24-15-12-9-6-3/h16-21,25-28H,4-15,22-24H2,1-3H3,(H,43,44)/b32-25-. The number of nitrogens with zero attached hydrogens (tertiary/aromatic N) is 2. The fraction of sp³-hybridized carbons (Fsp3) is 0.450. The summed E-state index contributed by atoms with van der Waals surface area (Å²) in [6, 6.07) is 20.6. The second-order valence-corrected chi connectivity index (χ2v) is 13.3. The Kier molecular flexibility index (Phi) is 14.6. The van der Waals surface area contributed by atoms with E-state index in [9.17, 15) is 15.2 Å². The van der Waals surface area contributed by atoms with Crippen molar-refractivity contribution in [3.05, 3.63) is 65.7 Å². The molecule has 7 heteroatoms. The average Bonchev–Trinajstić information content (AvgIpc) is 3.08. The van der Waals surface area contributed by atoms with Gasteiger partial charge in [-0.25, -0.2) is 4.79 Å². The molecule has 0 spiro atoms. The van der Waals surface area contributed by atoms with Crippen LogP contribution in [-0.2, 0) is 4.79 Å².